The normalized spacial score (nSPS) is 24.9. The summed E-state index contributed by atoms with van der Waals surface area (Å²) in [6.45, 7) is 2.60. The molecule has 2 fully saturated rings. The van der Waals surface area contributed by atoms with Gasteiger partial charge < -0.3 is 9.42 Å². The van der Waals surface area contributed by atoms with E-state index in [2.05, 4.69) is 10.1 Å². The van der Waals surface area contributed by atoms with Crippen LogP contribution in [0.3, 0.4) is 0 Å². The maximum absolute atomic E-state index is 12.2. The summed E-state index contributed by atoms with van der Waals surface area (Å²) >= 11 is 0. The van der Waals surface area contributed by atoms with E-state index in [1.807, 2.05) is 48.3 Å². The van der Waals surface area contributed by atoms with E-state index in [-0.39, 0.29) is 5.92 Å². The zero-order valence-electron chi connectivity index (χ0n) is 13.3. The van der Waals surface area contributed by atoms with Crippen LogP contribution in [0.1, 0.15) is 18.5 Å². The number of benzene rings is 1. The summed E-state index contributed by atoms with van der Waals surface area (Å²) in [5, 5.41) is 4.22. The number of nitrogens with zero attached hydrogens (tertiary/aromatic N) is 3. The molecule has 2 aliphatic heterocycles. The van der Waals surface area contributed by atoms with E-state index in [0.29, 0.717) is 11.9 Å². The molecule has 120 valence electrons. The van der Waals surface area contributed by atoms with E-state index in [0.717, 1.165) is 49.5 Å². The molecule has 0 bridgehead atoms. The van der Waals surface area contributed by atoms with Crippen molar-refractivity contribution in [1.82, 2.24) is 15.0 Å². The summed E-state index contributed by atoms with van der Waals surface area (Å²) in [4.78, 5) is 16.4. The summed E-state index contributed by atoms with van der Waals surface area (Å²) in [5.41, 5.74) is 1.98. The minimum absolute atomic E-state index is 0.161. The predicted molar refractivity (Wildman–Crippen MR) is 86.5 cm³/mol. The molecule has 23 heavy (non-hydrogen) atoms. The van der Waals surface area contributed by atoms with Gasteiger partial charge in [0.15, 0.2) is 5.76 Å². The fourth-order valence-corrected chi connectivity index (χ4v) is 3.84. The number of amides is 1. The highest BCUT2D eigenvalue weighted by molar-refractivity contribution is 5.82. The quantitative estimate of drug-likeness (QED) is 0.873. The van der Waals surface area contributed by atoms with Gasteiger partial charge in [0.2, 0.25) is 5.91 Å². The van der Waals surface area contributed by atoms with Gasteiger partial charge in [-0.2, -0.15) is 0 Å². The number of rotatable bonds is 3. The van der Waals surface area contributed by atoms with Gasteiger partial charge >= 0.3 is 0 Å². The molecule has 0 unspecified atom stereocenters. The molecule has 5 nitrogen and oxygen atoms in total. The number of likely N-dealkylation sites (tertiary alicyclic amines) is 2. The molecule has 4 rings (SSSR count). The van der Waals surface area contributed by atoms with Crippen molar-refractivity contribution < 1.29 is 9.32 Å². The summed E-state index contributed by atoms with van der Waals surface area (Å²) < 4.78 is 5.49. The van der Waals surface area contributed by atoms with Gasteiger partial charge in [-0.3, -0.25) is 9.69 Å². The zero-order valence-corrected chi connectivity index (χ0v) is 13.3. The first-order chi connectivity index (χ1) is 11.2. The Balaban J connectivity index is 1.50. The number of carbonyl (C=O) groups is 1. The first kappa shape index (κ1) is 14.5. The Hall–Kier alpha value is -2.14. The lowest BCUT2D eigenvalue weighted by Gasteiger charge is -2.35. The number of hydrogen-bond donors (Lipinski definition) is 0. The van der Waals surface area contributed by atoms with Crippen LogP contribution in [0.15, 0.2) is 40.9 Å². The largest absolute Gasteiger partial charge is 0.356 e. The van der Waals surface area contributed by atoms with Crippen LogP contribution in [-0.2, 0) is 11.3 Å². The van der Waals surface area contributed by atoms with Gasteiger partial charge in [-0.25, -0.2) is 0 Å². The average Bonchev–Trinajstić information content (AvgIpc) is 3.15. The summed E-state index contributed by atoms with van der Waals surface area (Å²) in [6.07, 6.45) is 2.09. The van der Waals surface area contributed by atoms with Crippen LogP contribution in [0.4, 0.5) is 0 Å². The molecule has 3 heterocycles. The SMILES string of the molecule is CN1C[C@@H]2[C@@H](CCCN2Cc2cc(-c3ccccc3)on2)C1=O. The van der Waals surface area contributed by atoms with E-state index < -0.39 is 0 Å². The van der Waals surface area contributed by atoms with Crippen LogP contribution in [0, 0.1) is 5.92 Å². The second-order valence-electron chi connectivity index (χ2n) is 6.55. The molecular weight excluding hydrogens is 290 g/mol. The third-order valence-corrected chi connectivity index (χ3v) is 5.03. The number of carbonyl (C=O) groups excluding carboxylic acids is 1. The Kier molecular flexibility index (Phi) is 3.65. The van der Waals surface area contributed by atoms with Crippen molar-refractivity contribution in [1.29, 1.82) is 0 Å². The van der Waals surface area contributed by atoms with Crippen molar-refractivity contribution in [2.75, 3.05) is 20.1 Å². The second-order valence-corrected chi connectivity index (χ2v) is 6.55. The standard InChI is InChI=1S/C18H21N3O2/c1-20-12-16-15(18(20)22)8-5-9-21(16)11-14-10-17(23-19-14)13-6-3-2-4-7-13/h2-4,6-7,10,15-16H,5,8-9,11-12H2,1H3/t15-,16-/m1/s1. The molecule has 1 aromatic heterocycles. The van der Waals surface area contributed by atoms with Crippen LogP contribution < -0.4 is 0 Å². The van der Waals surface area contributed by atoms with Gasteiger partial charge in [-0.05, 0) is 19.4 Å². The van der Waals surface area contributed by atoms with Crippen molar-refractivity contribution in [3.63, 3.8) is 0 Å². The topological polar surface area (TPSA) is 49.6 Å². The summed E-state index contributed by atoms with van der Waals surface area (Å²) in [5.74, 6) is 1.26. The van der Waals surface area contributed by atoms with Crippen molar-refractivity contribution in [2.45, 2.75) is 25.4 Å². The van der Waals surface area contributed by atoms with Gasteiger partial charge in [0.05, 0.1) is 11.6 Å². The molecular formula is C18H21N3O2. The van der Waals surface area contributed by atoms with Crippen molar-refractivity contribution >= 4 is 5.91 Å². The van der Waals surface area contributed by atoms with Crippen molar-refractivity contribution in [3.8, 4) is 11.3 Å². The van der Waals surface area contributed by atoms with Gasteiger partial charge in [-0.15, -0.1) is 0 Å². The van der Waals surface area contributed by atoms with E-state index in [1.54, 1.807) is 0 Å². The number of piperidine rings is 1. The highest BCUT2D eigenvalue weighted by atomic mass is 16.5. The highest BCUT2D eigenvalue weighted by Crippen LogP contribution is 2.32. The van der Waals surface area contributed by atoms with E-state index in [1.165, 1.54) is 0 Å². The molecule has 0 aliphatic carbocycles. The van der Waals surface area contributed by atoms with Crippen molar-refractivity contribution in [2.24, 2.45) is 5.92 Å². The van der Waals surface area contributed by atoms with Crippen LogP contribution in [-0.4, -0.2) is 47.0 Å². The summed E-state index contributed by atoms with van der Waals surface area (Å²) in [6, 6.07) is 12.3. The lowest BCUT2D eigenvalue weighted by atomic mass is 9.91. The van der Waals surface area contributed by atoms with E-state index in [9.17, 15) is 4.79 Å². The molecule has 1 amide bonds. The maximum Gasteiger partial charge on any atom is 0.227 e. The molecule has 2 aliphatic rings. The van der Waals surface area contributed by atoms with Crippen LogP contribution in [0.5, 0.6) is 0 Å². The fraction of sp³-hybridized carbons (Fsp3) is 0.444. The Bertz CT molecular complexity index is 697. The smallest absolute Gasteiger partial charge is 0.227 e. The number of fused-ring (bicyclic) bond motifs is 1. The van der Waals surface area contributed by atoms with Crippen molar-refractivity contribution in [3.05, 3.63) is 42.1 Å². The second kappa shape index (κ2) is 5.81. The third-order valence-electron chi connectivity index (χ3n) is 5.03. The van der Waals surface area contributed by atoms with Crippen LogP contribution in [0.25, 0.3) is 11.3 Å². The highest BCUT2D eigenvalue weighted by Gasteiger charge is 2.43. The maximum atomic E-state index is 12.2. The number of hydrogen-bond acceptors (Lipinski definition) is 4. The molecule has 0 saturated carbocycles. The van der Waals surface area contributed by atoms with E-state index in [4.69, 9.17) is 4.52 Å². The van der Waals surface area contributed by atoms with Crippen LogP contribution in [0.2, 0.25) is 0 Å². The Morgan fingerprint density at radius 3 is 2.96 bits per heavy atom. The molecule has 5 heteroatoms. The average molecular weight is 311 g/mol. The number of aromatic nitrogens is 1. The van der Waals surface area contributed by atoms with Gasteiger partial charge in [0.1, 0.15) is 0 Å². The lowest BCUT2D eigenvalue weighted by Crippen LogP contribution is -2.44. The van der Waals surface area contributed by atoms with Crippen LogP contribution >= 0.6 is 0 Å². The first-order valence-electron chi connectivity index (χ1n) is 8.22. The fourth-order valence-electron chi connectivity index (χ4n) is 3.84. The predicted octanol–water partition coefficient (Wildman–Crippen LogP) is 2.39. The zero-order chi connectivity index (χ0) is 15.8. The molecule has 1 aromatic carbocycles. The lowest BCUT2D eigenvalue weighted by molar-refractivity contribution is -0.130. The van der Waals surface area contributed by atoms with Gasteiger partial charge in [0.25, 0.3) is 0 Å². The molecule has 2 saturated heterocycles. The molecule has 0 spiro atoms. The minimum atomic E-state index is 0.161. The summed E-state index contributed by atoms with van der Waals surface area (Å²) in [7, 11) is 1.91. The molecule has 0 radical (unpaired) electrons. The van der Waals surface area contributed by atoms with Gasteiger partial charge in [-0.1, -0.05) is 35.5 Å². The molecule has 0 N–H and O–H groups in total. The molecule has 2 aromatic rings. The monoisotopic (exact) mass is 311 g/mol. The Morgan fingerprint density at radius 2 is 2.13 bits per heavy atom. The molecule has 2 atom stereocenters. The van der Waals surface area contributed by atoms with E-state index >= 15 is 0 Å². The number of likely N-dealkylation sites (N-methyl/N-ethyl adjacent to an activating group) is 1. The Morgan fingerprint density at radius 1 is 1.30 bits per heavy atom. The van der Waals surface area contributed by atoms with Gasteiger partial charge in [0, 0.05) is 37.8 Å². The minimum Gasteiger partial charge on any atom is -0.356 e. The first-order valence-corrected chi connectivity index (χ1v) is 8.22. The Labute approximate surface area is 135 Å². The third kappa shape index (κ3) is 2.65.